The molecule has 0 aromatic carbocycles. The zero-order valence-electron chi connectivity index (χ0n) is 12.4. The topological polar surface area (TPSA) is 81.4 Å². The van der Waals surface area contributed by atoms with Crippen molar-refractivity contribution in [3.63, 3.8) is 0 Å². The molecule has 1 aliphatic heterocycles. The maximum atomic E-state index is 12.4. The average molecular weight is 322 g/mol. The molecule has 1 atom stereocenters. The van der Waals surface area contributed by atoms with E-state index in [1.807, 2.05) is 10.3 Å². The van der Waals surface area contributed by atoms with E-state index in [2.05, 4.69) is 15.1 Å². The number of piperidine rings is 1. The Balaban J connectivity index is 1.55. The summed E-state index contributed by atoms with van der Waals surface area (Å²) in [7, 11) is 0. The lowest BCUT2D eigenvalue weighted by molar-refractivity contribution is -0.140. The molecule has 3 heterocycles. The SMILES string of the molecule is Cc1noc(COCC(=O)N2CCCC[C@@H]2c2nccs2)n1. The summed E-state index contributed by atoms with van der Waals surface area (Å²) in [6.07, 6.45) is 4.89. The first-order valence-electron chi connectivity index (χ1n) is 7.30. The molecule has 1 amide bonds. The van der Waals surface area contributed by atoms with Gasteiger partial charge < -0.3 is 14.2 Å². The molecule has 0 unspecified atom stereocenters. The number of hydrogen-bond acceptors (Lipinski definition) is 7. The van der Waals surface area contributed by atoms with E-state index in [1.54, 1.807) is 24.5 Å². The Hall–Kier alpha value is -1.80. The first kappa shape index (κ1) is 15.1. The van der Waals surface area contributed by atoms with Crippen LogP contribution < -0.4 is 0 Å². The van der Waals surface area contributed by atoms with E-state index in [0.717, 1.165) is 30.8 Å². The summed E-state index contributed by atoms with van der Waals surface area (Å²) >= 11 is 1.59. The third-order valence-electron chi connectivity index (χ3n) is 3.58. The van der Waals surface area contributed by atoms with Crippen molar-refractivity contribution in [1.29, 1.82) is 0 Å². The third kappa shape index (κ3) is 3.50. The minimum absolute atomic E-state index is 0.0172. The van der Waals surface area contributed by atoms with E-state index in [9.17, 15) is 4.79 Å². The number of likely N-dealkylation sites (tertiary alicyclic amines) is 1. The number of carbonyl (C=O) groups is 1. The first-order chi connectivity index (χ1) is 10.7. The zero-order valence-corrected chi connectivity index (χ0v) is 13.2. The lowest BCUT2D eigenvalue weighted by atomic mass is 10.0. The summed E-state index contributed by atoms with van der Waals surface area (Å²) < 4.78 is 10.4. The predicted molar refractivity (Wildman–Crippen MR) is 79.1 cm³/mol. The van der Waals surface area contributed by atoms with E-state index < -0.39 is 0 Å². The molecule has 2 aromatic rings. The molecule has 0 saturated carbocycles. The highest BCUT2D eigenvalue weighted by Gasteiger charge is 2.29. The number of ether oxygens (including phenoxy) is 1. The Bertz CT molecular complexity index is 613. The molecular formula is C14H18N4O3S. The van der Waals surface area contributed by atoms with Crippen LogP contribution in [0.1, 0.15) is 42.0 Å². The molecule has 1 aliphatic rings. The number of thiazole rings is 1. The van der Waals surface area contributed by atoms with Crippen molar-refractivity contribution < 1.29 is 14.1 Å². The molecule has 22 heavy (non-hydrogen) atoms. The largest absolute Gasteiger partial charge is 0.362 e. The van der Waals surface area contributed by atoms with Crippen LogP contribution in [-0.4, -0.2) is 39.1 Å². The number of amides is 1. The average Bonchev–Trinajstić information content (AvgIpc) is 3.19. The second kappa shape index (κ2) is 6.97. The quantitative estimate of drug-likeness (QED) is 0.838. The molecule has 118 valence electrons. The fourth-order valence-corrected chi connectivity index (χ4v) is 3.38. The highest BCUT2D eigenvalue weighted by Crippen LogP contribution is 2.31. The Morgan fingerprint density at radius 1 is 1.55 bits per heavy atom. The number of rotatable bonds is 5. The lowest BCUT2D eigenvalue weighted by Crippen LogP contribution is -2.40. The van der Waals surface area contributed by atoms with Gasteiger partial charge in [0.1, 0.15) is 18.2 Å². The van der Waals surface area contributed by atoms with E-state index in [4.69, 9.17) is 9.26 Å². The van der Waals surface area contributed by atoms with Gasteiger partial charge >= 0.3 is 0 Å². The molecular weight excluding hydrogens is 304 g/mol. The summed E-state index contributed by atoms with van der Waals surface area (Å²) in [6.45, 7) is 2.67. The summed E-state index contributed by atoms with van der Waals surface area (Å²) in [5, 5.41) is 6.63. The van der Waals surface area contributed by atoms with Crippen molar-refractivity contribution in [3.05, 3.63) is 28.3 Å². The van der Waals surface area contributed by atoms with Crippen LogP contribution in [0.15, 0.2) is 16.1 Å². The van der Waals surface area contributed by atoms with Gasteiger partial charge in [-0.1, -0.05) is 5.16 Å². The molecule has 1 saturated heterocycles. The van der Waals surface area contributed by atoms with Crippen LogP contribution in [-0.2, 0) is 16.1 Å². The Labute approximate surface area is 132 Å². The molecule has 0 radical (unpaired) electrons. The smallest absolute Gasteiger partial charge is 0.252 e. The summed E-state index contributed by atoms with van der Waals surface area (Å²) in [5.41, 5.74) is 0. The van der Waals surface area contributed by atoms with Gasteiger partial charge in [0.15, 0.2) is 5.82 Å². The molecule has 1 fully saturated rings. The second-order valence-electron chi connectivity index (χ2n) is 5.20. The van der Waals surface area contributed by atoms with E-state index >= 15 is 0 Å². The van der Waals surface area contributed by atoms with Gasteiger partial charge in [-0.15, -0.1) is 11.3 Å². The molecule has 0 bridgehead atoms. The highest BCUT2D eigenvalue weighted by atomic mass is 32.1. The Kier molecular flexibility index (Phi) is 4.79. The maximum Gasteiger partial charge on any atom is 0.252 e. The van der Waals surface area contributed by atoms with Gasteiger partial charge in [0.05, 0.1) is 6.04 Å². The van der Waals surface area contributed by atoms with Crippen molar-refractivity contribution in [2.45, 2.75) is 38.8 Å². The third-order valence-corrected chi connectivity index (χ3v) is 4.46. The van der Waals surface area contributed by atoms with Crippen molar-refractivity contribution in [2.24, 2.45) is 0 Å². The van der Waals surface area contributed by atoms with E-state index in [1.165, 1.54) is 0 Å². The first-order valence-corrected chi connectivity index (χ1v) is 8.18. The predicted octanol–water partition coefficient (Wildman–Crippen LogP) is 2.10. The fourth-order valence-electron chi connectivity index (χ4n) is 2.59. The molecule has 0 spiro atoms. The standard InChI is InChI=1S/C14H18N4O3S/c1-10-16-12(21-17-10)8-20-9-13(19)18-6-3-2-4-11(18)14-15-5-7-22-14/h5,7,11H,2-4,6,8-9H2,1H3/t11-/m1/s1. The van der Waals surface area contributed by atoms with Crippen LogP contribution in [0.3, 0.4) is 0 Å². The minimum Gasteiger partial charge on any atom is -0.362 e. The van der Waals surface area contributed by atoms with Crippen LogP contribution in [0, 0.1) is 6.92 Å². The molecule has 2 aromatic heterocycles. The second-order valence-corrected chi connectivity index (χ2v) is 6.12. The monoisotopic (exact) mass is 322 g/mol. The van der Waals surface area contributed by atoms with Crippen molar-refractivity contribution >= 4 is 17.2 Å². The molecule has 7 nitrogen and oxygen atoms in total. The summed E-state index contributed by atoms with van der Waals surface area (Å²) in [5.74, 6) is 0.932. The number of aryl methyl sites for hydroxylation is 1. The maximum absolute atomic E-state index is 12.4. The van der Waals surface area contributed by atoms with Crippen LogP contribution in [0.25, 0.3) is 0 Å². The number of carbonyl (C=O) groups excluding carboxylic acids is 1. The minimum atomic E-state index is -0.0175. The Morgan fingerprint density at radius 3 is 3.18 bits per heavy atom. The number of hydrogen-bond donors (Lipinski definition) is 0. The van der Waals surface area contributed by atoms with Gasteiger partial charge in [-0.2, -0.15) is 4.98 Å². The summed E-state index contributed by atoms with van der Waals surface area (Å²) in [6, 6.07) is 0.0792. The van der Waals surface area contributed by atoms with Gasteiger partial charge in [0, 0.05) is 18.1 Å². The fraction of sp³-hybridized carbons (Fsp3) is 0.571. The van der Waals surface area contributed by atoms with E-state index in [0.29, 0.717) is 11.7 Å². The van der Waals surface area contributed by atoms with Crippen LogP contribution >= 0.6 is 11.3 Å². The van der Waals surface area contributed by atoms with E-state index in [-0.39, 0.29) is 25.2 Å². The van der Waals surface area contributed by atoms with Crippen LogP contribution in [0.4, 0.5) is 0 Å². The molecule has 3 rings (SSSR count). The van der Waals surface area contributed by atoms with Gasteiger partial charge in [-0.3, -0.25) is 4.79 Å². The van der Waals surface area contributed by atoms with Gasteiger partial charge in [0.2, 0.25) is 5.91 Å². The highest BCUT2D eigenvalue weighted by molar-refractivity contribution is 7.09. The zero-order chi connectivity index (χ0) is 15.4. The number of nitrogens with zero attached hydrogens (tertiary/aromatic N) is 4. The number of aromatic nitrogens is 3. The van der Waals surface area contributed by atoms with Crippen molar-refractivity contribution in [3.8, 4) is 0 Å². The summed E-state index contributed by atoms with van der Waals surface area (Å²) in [4.78, 5) is 22.7. The molecule has 0 aliphatic carbocycles. The van der Waals surface area contributed by atoms with Crippen LogP contribution in [0.2, 0.25) is 0 Å². The van der Waals surface area contributed by atoms with Gasteiger partial charge in [-0.05, 0) is 26.2 Å². The van der Waals surface area contributed by atoms with Crippen molar-refractivity contribution in [1.82, 2.24) is 20.0 Å². The van der Waals surface area contributed by atoms with Gasteiger partial charge in [0.25, 0.3) is 5.89 Å². The van der Waals surface area contributed by atoms with Crippen molar-refractivity contribution in [2.75, 3.05) is 13.2 Å². The Morgan fingerprint density at radius 2 is 2.45 bits per heavy atom. The lowest BCUT2D eigenvalue weighted by Gasteiger charge is -2.34. The normalized spacial score (nSPS) is 18.6. The van der Waals surface area contributed by atoms with Crippen LogP contribution in [0.5, 0.6) is 0 Å². The molecule has 8 heteroatoms. The molecule has 0 N–H and O–H groups in total. The van der Waals surface area contributed by atoms with Gasteiger partial charge in [-0.25, -0.2) is 4.98 Å².